The molecule has 1 heterocycles. The molecule has 7 nitrogen and oxygen atoms in total. The maximum atomic E-state index is 6.52. The Morgan fingerprint density at radius 3 is 1.90 bits per heavy atom. The molecule has 3 aromatic rings. The Kier molecular flexibility index (Phi) is 8.00. The van der Waals surface area contributed by atoms with E-state index < -0.39 is 0 Å². The second kappa shape index (κ2) is 11.1. The van der Waals surface area contributed by atoms with Gasteiger partial charge in [-0.15, -0.1) is 0 Å². The summed E-state index contributed by atoms with van der Waals surface area (Å²) in [6, 6.07) is 20.4. The number of rotatable bonds is 11. The van der Waals surface area contributed by atoms with Gasteiger partial charge in [0.05, 0.1) is 19.3 Å². The number of nitrogen functional groups attached to an aromatic ring is 1. The molecule has 0 aliphatic heterocycles. The molecule has 3 N–H and O–H groups in total. The normalized spacial score (nSPS) is 10.9. The molecule has 2 aromatic carbocycles. The van der Waals surface area contributed by atoms with Gasteiger partial charge in [-0.05, 0) is 11.1 Å². The molecule has 3 rings (SSSR count). The van der Waals surface area contributed by atoms with Crippen LogP contribution in [-0.2, 0) is 9.47 Å². The van der Waals surface area contributed by atoms with Gasteiger partial charge in [-0.25, -0.2) is 9.97 Å². The van der Waals surface area contributed by atoms with Gasteiger partial charge >= 0.3 is 0 Å². The number of aromatic nitrogens is 2. The fourth-order valence-electron chi connectivity index (χ4n) is 3.27. The third-order valence-electron chi connectivity index (χ3n) is 4.84. The van der Waals surface area contributed by atoms with E-state index in [1.54, 1.807) is 14.2 Å². The highest BCUT2D eigenvalue weighted by molar-refractivity contribution is 5.75. The lowest BCUT2D eigenvalue weighted by Crippen LogP contribution is -2.32. The number of hydrogen-bond donors (Lipinski definition) is 2. The predicted molar refractivity (Wildman–Crippen MR) is 121 cm³/mol. The summed E-state index contributed by atoms with van der Waals surface area (Å²) < 4.78 is 10.5. The van der Waals surface area contributed by atoms with Crippen molar-refractivity contribution in [2.24, 2.45) is 0 Å². The largest absolute Gasteiger partial charge is 0.393 e. The van der Waals surface area contributed by atoms with Crippen molar-refractivity contribution in [3.63, 3.8) is 0 Å². The van der Waals surface area contributed by atoms with Crippen LogP contribution in [0.1, 0.15) is 17.2 Å². The van der Waals surface area contributed by atoms with Crippen LogP contribution in [0, 0.1) is 0 Å². The summed E-state index contributed by atoms with van der Waals surface area (Å²) in [5.41, 5.74) is 9.27. The molecule has 0 unspecified atom stereocenters. The summed E-state index contributed by atoms with van der Waals surface area (Å²) in [6.45, 7) is 2.43. The van der Waals surface area contributed by atoms with Crippen molar-refractivity contribution >= 4 is 17.3 Å². The van der Waals surface area contributed by atoms with Crippen LogP contribution in [0.15, 0.2) is 67.0 Å². The molecule has 0 amide bonds. The molecule has 0 spiro atoms. The SMILES string of the molecule is COCCN(CCOC)c1ncnc(NC(c2ccccc2)c2ccccc2)c1N. The molecule has 158 valence electrons. The average molecular weight is 408 g/mol. The highest BCUT2D eigenvalue weighted by Crippen LogP contribution is 2.31. The van der Waals surface area contributed by atoms with Crippen molar-refractivity contribution in [3.05, 3.63) is 78.1 Å². The van der Waals surface area contributed by atoms with Crippen molar-refractivity contribution in [1.29, 1.82) is 0 Å². The van der Waals surface area contributed by atoms with E-state index in [0.717, 1.165) is 11.1 Å². The smallest absolute Gasteiger partial charge is 0.157 e. The Morgan fingerprint density at radius 1 is 0.867 bits per heavy atom. The molecule has 0 radical (unpaired) electrons. The minimum absolute atomic E-state index is 0.0937. The number of nitrogens with zero attached hydrogens (tertiary/aromatic N) is 3. The Morgan fingerprint density at radius 2 is 1.40 bits per heavy atom. The summed E-state index contributed by atoms with van der Waals surface area (Å²) in [6.07, 6.45) is 1.54. The summed E-state index contributed by atoms with van der Waals surface area (Å²) >= 11 is 0. The average Bonchev–Trinajstić information content (AvgIpc) is 2.80. The fraction of sp³-hybridized carbons (Fsp3) is 0.304. The van der Waals surface area contributed by atoms with E-state index in [0.29, 0.717) is 43.6 Å². The summed E-state index contributed by atoms with van der Waals surface area (Å²) in [4.78, 5) is 10.9. The number of methoxy groups -OCH3 is 2. The Bertz CT molecular complexity index is 845. The van der Waals surface area contributed by atoms with Gasteiger partial charge in [-0.1, -0.05) is 60.7 Å². The second-order valence-electron chi connectivity index (χ2n) is 6.83. The van der Waals surface area contributed by atoms with Gasteiger partial charge in [-0.2, -0.15) is 0 Å². The summed E-state index contributed by atoms with van der Waals surface area (Å²) in [5.74, 6) is 1.26. The van der Waals surface area contributed by atoms with Crippen LogP contribution in [-0.4, -0.2) is 50.5 Å². The van der Waals surface area contributed by atoms with Gasteiger partial charge in [0.25, 0.3) is 0 Å². The standard InChI is InChI=1S/C23H29N5O2/c1-29-15-13-28(14-16-30-2)23-20(24)22(25-17-26-23)27-21(18-9-5-3-6-10-18)19-11-7-4-8-12-19/h3-12,17,21H,13-16,24H2,1-2H3,(H,25,26,27). The third kappa shape index (κ3) is 5.46. The maximum absolute atomic E-state index is 6.52. The zero-order valence-corrected chi connectivity index (χ0v) is 17.5. The van der Waals surface area contributed by atoms with Gasteiger partial charge in [0.1, 0.15) is 12.0 Å². The van der Waals surface area contributed by atoms with E-state index in [1.165, 1.54) is 6.33 Å². The monoisotopic (exact) mass is 407 g/mol. The van der Waals surface area contributed by atoms with Crippen LogP contribution in [0.2, 0.25) is 0 Å². The number of benzene rings is 2. The lowest BCUT2D eigenvalue weighted by molar-refractivity contribution is 0.190. The van der Waals surface area contributed by atoms with Crippen molar-refractivity contribution in [3.8, 4) is 0 Å². The number of nitrogens with one attached hydrogen (secondary N) is 1. The van der Waals surface area contributed by atoms with Gasteiger partial charge in [0, 0.05) is 27.3 Å². The van der Waals surface area contributed by atoms with Crippen LogP contribution < -0.4 is 16.0 Å². The van der Waals surface area contributed by atoms with E-state index in [1.807, 2.05) is 36.4 Å². The predicted octanol–water partition coefficient (Wildman–Crippen LogP) is 3.36. The van der Waals surface area contributed by atoms with Crippen molar-refractivity contribution < 1.29 is 9.47 Å². The maximum Gasteiger partial charge on any atom is 0.157 e. The molecule has 1 aromatic heterocycles. The van der Waals surface area contributed by atoms with Crippen molar-refractivity contribution in [2.45, 2.75) is 6.04 Å². The lowest BCUT2D eigenvalue weighted by Gasteiger charge is -2.26. The van der Waals surface area contributed by atoms with E-state index in [-0.39, 0.29) is 6.04 Å². The Hall–Kier alpha value is -3.16. The first-order chi connectivity index (χ1) is 14.7. The third-order valence-corrected chi connectivity index (χ3v) is 4.84. The molecule has 0 aliphatic rings. The quantitative estimate of drug-likeness (QED) is 0.504. The number of ether oxygens (including phenoxy) is 2. The first-order valence-corrected chi connectivity index (χ1v) is 9.94. The fourth-order valence-corrected chi connectivity index (χ4v) is 3.27. The topological polar surface area (TPSA) is 85.5 Å². The summed E-state index contributed by atoms with van der Waals surface area (Å²) in [5, 5.41) is 3.52. The van der Waals surface area contributed by atoms with Crippen molar-refractivity contribution in [1.82, 2.24) is 9.97 Å². The minimum Gasteiger partial charge on any atom is -0.393 e. The highest BCUT2D eigenvalue weighted by atomic mass is 16.5. The highest BCUT2D eigenvalue weighted by Gasteiger charge is 2.19. The van der Waals surface area contributed by atoms with Crippen LogP contribution >= 0.6 is 0 Å². The first-order valence-electron chi connectivity index (χ1n) is 9.94. The van der Waals surface area contributed by atoms with Gasteiger partial charge in [0.2, 0.25) is 0 Å². The lowest BCUT2D eigenvalue weighted by atomic mass is 9.99. The summed E-state index contributed by atoms with van der Waals surface area (Å²) in [7, 11) is 3.35. The first kappa shape index (κ1) is 21.5. The molecule has 0 saturated heterocycles. The molecular formula is C23H29N5O2. The molecule has 0 atom stereocenters. The van der Waals surface area contributed by atoms with E-state index in [4.69, 9.17) is 15.2 Å². The van der Waals surface area contributed by atoms with Gasteiger partial charge in [-0.3, -0.25) is 0 Å². The second-order valence-corrected chi connectivity index (χ2v) is 6.83. The van der Waals surface area contributed by atoms with E-state index in [9.17, 15) is 0 Å². The molecular weight excluding hydrogens is 378 g/mol. The molecule has 0 aliphatic carbocycles. The molecule has 0 fully saturated rings. The van der Waals surface area contributed by atoms with E-state index in [2.05, 4.69) is 44.5 Å². The number of hydrogen-bond acceptors (Lipinski definition) is 7. The van der Waals surface area contributed by atoms with Crippen LogP contribution in [0.4, 0.5) is 17.3 Å². The molecule has 0 bridgehead atoms. The molecule has 30 heavy (non-hydrogen) atoms. The number of anilines is 3. The van der Waals surface area contributed by atoms with Crippen molar-refractivity contribution in [2.75, 3.05) is 56.5 Å². The Labute approximate surface area is 177 Å². The zero-order valence-electron chi connectivity index (χ0n) is 17.5. The van der Waals surface area contributed by atoms with Crippen LogP contribution in [0.3, 0.4) is 0 Å². The molecule has 7 heteroatoms. The zero-order chi connectivity index (χ0) is 21.2. The van der Waals surface area contributed by atoms with Crippen LogP contribution in [0.5, 0.6) is 0 Å². The van der Waals surface area contributed by atoms with Gasteiger partial charge < -0.3 is 25.4 Å². The minimum atomic E-state index is -0.0937. The Balaban J connectivity index is 1.93. The van der Waals surface area contributed by atoms with E-state index >= 15 is 0 Å². The van der Waals surface area contributed by atoms with Gasteiger partial charge in [0.15, 0.2) is 11.6 Å². The molecule has 0 saturated carbocycles. The number of nitrogens with two attached hydrogens (primary N) is 1. The van der Waals surface area contributed by atoms with Crippen LogP contribution in [0.25, 0.3) is 0 Å².